The standard InChI is InChI=1S/C10H16N4O/c1-3-4-5-6-12-10(15)8-7(2)13-14-9(8)11/h3-4H,5-6H2,1-2H3,(H,12,15)(H3,11,13,14)/b4-3+. The third kappa shape index (κ3) is 2.83. The lowest BCUT2D eigenvalue weighted by molar-refractivity contribution is 0.0954. The van der Waals surface area contributed by atoms with Crippen molar-refractivity contribution in [3.05, 3.63) is 23.4 Å². The third-order valence-corrected chi connectivity index (χ3v) is 2.03. The minimum atomic E-state index is -0.178. The number of aryl methyl sites for hydroxylation is 1. The van der Waals surface area contributed by atoms with Gasteiger partial charge in [0.15, 0.2) is 5.82 Å². The van der Waals surface area contributed by atoms with Gasteiger partial charge in [-0.25, -0.2) is 0 Å². The smallest absolute Gasteiger partial charge is 0.256 e. The predicted octanol–water partition coefficient (Wildman–Crippen LogP) is 0.996. The van der Waals surface area contributed by atoms with Crippen molar-refractivity contribution >= 4 is 11.7 Å². The van der Waals surface area contributed by atoms with Gasteiger partial charge in [0.1, 0.15) is 5.56 Å². The second-order valence-corrected chi connectivity index (χ2v) is 3.22. The lowest BCUT2D eigenvalue weighted by Crippen LogP contribution is -2.25. The Hall–Kier alpha value is -1.78. The first-order valence-electron chi connectivity index (χ1n) is 4.86. The Morgan fingerprint density at radius 1 is 1.67 bits per heavy atom. The molecule has 5 nitrogen and oxygen atoms in total. The fourth-order valence-electron chi connectivity index (χ4n) is 1.26. The van der Waals surface area contributed by atoms with E-state index < -0.39 is 0 Å². The lowest BCUT2D eigenvalue weighted by Gasteiger charge is -2.02. The van der Waals surface area contributed by atoms with Gasteiger partial charge in [-0.05, 0) is 20.3 Å². The molecule has 1 rings (SSSR count). The Morgan fingerprint density at radius 2 is 2.40 bits per heavy atom. The number of hydrogen-bond donors (Lipinski definition) is 3. The van der Waals surface area contributed by atoms with Crippen molar-refractivity contribution in [2.45, 2.75) is 20.3 Å². The average molecular weight is 208 g/mol. The van der Waals surface area contributed by atoms with Crippen LogP contribution in [0.5, 0.6) is 0 Å². The Morgan fingerprint density at radius 3 is 2.93 bits per heavy atom. The molecular weight excluding hydrogens is 192 g/mol. The van der Waals surface area contributed by atoms with Crippen LogP contribution in [0.4, 0.5) is 5.82 Å². The maximum atomic E-state index is 11.6. The highest BCUT2D eigenvalue weighted by molar-refractivity contribution is 5.99. The number of carbonyl (C=O) groups excluding carboxylic acids is 1. The number of nitrogens with one attached hydrogen (secondary N) is 2. The maximum absolute atomic E-state index is 11.6. The monoisotopic (exact) mass is 208 g/mol. The van der Waals surface area contributed by atoms with Crippen LogP contribution in [-0.2, 0) is 0 Å². The molecule has 0 aliphatic carbocycles. The zero-order valence-electron chi connectivity index (χ0n) is 9.00. The van der Waals surface area contributed by atoms with Crippen LogP contribution in [0, 0.1) is 6.92 Å². The van der Waals surface area contributed by atoms with Crippen LogP contribution >= 0.6 is 0 Å². The topological polar surface area (TPSA) is 83.8 Å². The number of nitrogens with two attached hydrogens (primary N) is 1. The van der Waals surface area contributed by atoms with Gasteiger partial charge in [-0.3, -0.25) is 9.89 Å². The maximum Gasteiger partial charge on any atom is 0.256 e. The van der Waals surface area contributed by atoms with Gasteiger partial charge in [0.2, 0.25) is 0 Å². The van der Waals surface area contributed by atoms with E-state index in [1.165, 1.54) is 0 Å². The van der Waals surface area contributed by atoms with E-state index in [0.717, 1.165) is 6.42 Å². The van der Waals surface area contributed by atoms with Crippen LogP contribution in [-0.4, -0.2) is 22.6 Å². The molecule has 15 heavy (non-hydrogen) atoms. The van der Waals surface area contributed by atoms with E-state index >= 15 is 0 Å². The van der Waals surface area contributed by atoms with E-state index in [1.807, 2.05) is 19.1 Å². The molecule has 0 atom stereocenters. The molecule has 0 radical (unpaired) electrons. The lowest BCUT2D eigenvalue weighted by atomic mass is 10.2. The van der Waals surface area contributed by atoms with Crippen molar-refractivity contribution in [3.8, 4) is 0 Å². The van der Waals surface area contributed by atoms with E-state index in [9.17, 15) is 4.79 Å². The van der Waals surface area contributed by atoms with Crippen molar-refractivity contribution in [2.24, 2.45) is 0 Å². The summed E-state index contributed by atoms with van der Waals surface area (Å²) in [6.07, 6.45) is 4.76. The molecule has 0 saturated carbocycles. The summed E-state index contributed by atoms with van der Waals surface area (Å²) in [6, 6.07) is 0. The average Bonchev–Trinajstić information content (AvgIpc) is 2.53. The van der Waals surface area contributed by atoms with E-state index in [2.05, 4.69) is 15.5 Å². The quantitative estimate of drug-likeness (QED) is 0.509. The summed E-state index contributed by atoms with van der Waals surface area (Å²) in [4.78, 5) is 11.6. The Balaban J connectivity index is 2.54. The summed E-state index contributed by atoms with van der Waals surface area (Å²) in [6.45, 7) is 4.32. The van der Waals surface area contributed by atoms with Crippen molar-refractivity contribution < 1.29 is 4.79 Å². The van der Waals surface area contributed by atoms with E-state index in [4.69, 9.17) is 5.73 Å². The van der Waals surface area contributed by atoms with Gasteiger partial charge < -0.3 is 11.1 Å². The number of allylic oxidation sites excluding steroid dienone is 1. The van der Waals surface area contributed by atoms with Crippen molar-refractivity contribution in [2.75, 3.05) is 12.3 Å². The summed E-state index contributed by atoms with van der Waals surface area (Å²) in [5, 5.41) is 9.20. The largest absolute Gasteiger partial charge is 0.382 e. The number of H-pyrrole nitrogens is 1. The SMILES string of the molecule is C/C=C/CCNC(=O)c1c(N)n[nH]c1C. The predicted molar refractivity (Wildman–Crippen MR) is 59.5 cm³/mol. The molecule has 0 unspecified atom stereocenters. The number of aromatic nitrogens is 2. The normalized spacial score (nSPS) is 10.8. The van der Waals surface area contributed by atoms with Gasteiger partial charge >= 0.3 is 0 Å². The molecule has 0 aromatic carbocycles. The second kappa shape index (κ2) is 5.19. The molecule has 0 bridgehead atoms. The molecule has 0 aliphatic rings. The first-order valence-corrected chi connectivity index (χ1v) is 4.86. The van der Waals surface area contributed by atoms with Gasteiger partial charge in [0.05, 0.1) is 0 Å². The minimum absolute atomic E-state index is 0.178. The molecule has 4 N–H and O–H groups in total. The Bertz CT molecular complexity index is 348. The number of anilines is 1. The number of nitrogens with zero attached hydrogens (tertiary/aromatic N) is 1. The van der Waals surface area contributed by atoms with E-state index in [-0.39, 0.29) is 11.7 Å². The molecule has 0 spiro atoms. The Labute approximate surface area is 88.7 Å². The van der Waals surface area contributed by atoms with Crippen molar-refractivity contribution in [1.82, 2.24) is 15.5 Å². The van der Waals surface area contributed by atoms with E-state index in [1.54, 1.807) is 6.92 Å². The Kier molecular flexibility index (Phi) is 3.91. The van der Waals surface area contributed by atoms with Gasteiger partial charge in [-0.2, -0.15) is 5.10 Å². The highest BCUT2D eigenvalue weighted by Gasteiger charge is 2.14. The van der Waals surface area contributed by atoms with Crippen LogP contribution in [0.1, 0.15) is 29.4 Å². The molecule has 1 heterocycles. The van der Waals surface area contributed by atoms with Gasteiger partial charge in [0, 0.05) is 12.2 Å². The summed E-state index contributed by atoms with van der Waals surface area (Å²) in [5.41, 5.74) is 6.69. The first kappa shape index (κ1) is 11.3. The van der Waals surface area contributed by atoms with Crippen LogP contribution in [0.15, 0.2) is 12.2 Å². The van der Waals surface area contributed by atoms with Crippen molar-refractivity contribution in [1.29, 1.82) is 0 Å². The van der Waals surface area contributed by atoms with Crippen LogP contribution in [0.3, 0.4) is 0 Å². The highest BCUT2D eigenvalue weighted by Crippen LogP contribution is 2.11. The molecule has 82 valence electrons. The van der Waals surface area contributed by atoms with Crippen LogP contribution in [0.2, 0.25) is 0 Å². The zero-order valence-corrected chi connectivity index (χ0v) is 9.00. The summed E-state index contributed by atoms with van der Waals surface area (Å²) in [7, 11) is 0. The molecule has 0 aliphatic heterocycles. The molecule has 1 amide bonds. The van der Waals surface area contributed by atoms with Crippen LogP contribution < -0.4 is 11.1 Å². The molecule has 5 heteroatoms. The van der Waals surface area contributed by atoms with Gasteiger partial charge in [0.25, 0.3) is 5.91 Å². The van der Waals surface area contributed by atoms with Crippen molar-refractivity contribution in [3.63, 3.8) is 0 Å². The van der Waals surface area contributed by atoms with Gasteiger partial charge in [-0.15, -0.1) is 0 Å². The number of hydrogen-bond acceptors (Lipinski definition) is 3. The summed E-state index contributed by atoms with van der Waals surface area (Å²) in [5.74, 6) is 0.0688. The molecule has 1 aromatic heterocycles. The number of amides is 1. The zero-order chi connectivity index (χ0) is 11.3. The second-order valence-electron chi connectivity index (χ2n) is 3.22. The third-order valence-electron chi connectivity index (χ3n) is 2.03. The fraction of sp³-hybridized carbons (Fsp3) is 0.400. The number of nitrogen functional groups attached to an aromatic ring is 1. The minimum Gasteiger partial charge on any atom is -0.382 e. The summed E-state index contributed by atoms with van der Waals surface area (Å²) < 4.78 is 0. The molecule has 0 saturated heterocycles. The fourth-order valence-corrected chi connectivity index (χ4v) is 1.26. The van der Waals surface area contributed by atoms with E-state index in [0.29, 0.717) is 17.8 Å². The number of rotatable bonds is 4. The van der Waals surface area contributed by atoms with Crippen LogP contribution in [0.25, 0.3) is 0 Å². The number of aromatic amines is 1. The number of carbonyl (C=O) groups is 1. The van der Waals surface area contributed by atoms with Gasteiger partial charge in [-0.1, -0.05) is 12.2 Å². The highest BCUT2D eigenvalue weighted by atomic mass is 16.1. The first-order chi connectivity index (χ1) is 7.16. The molecular formula is C10H16N4O. The molecule has 0 fully saturated rings. The molecule has 1 aromatic rings. The summed E-state index contributed by atoms with van der Waals surface area (Å²) >= 11 is 0.